The van der Waals surface area contributed by atoms with Crippen LogP contribution in [-0.2, 0) is 9.59 Å². The molecule has 2 fully saturated rings. The molecule has 0 N–H and O–H groups in total. The van der Waals surface area contributed by atoms with Crippen LogP contribution < -0.4 is 0 Å². The van der Waals surface area contributed by atoms with Gasteiger partial charge in [0.2, 0.25) is 0 Å². The van der Waals surface area contributed by atoms with Gasteiger partial charge in [-0.15, -0.1) is 23.2 Å². The molecule has 0 aromatic heterocycles. The van der Waals surface area contributed by atoms with Crippen molar-refractivity contribution >= 4 is 128 Å². The average Bonchev–Trinajstić information content (AvgIpc) is 3.26. The number of hydrazine groups is 1. The van der Waals surface area contributed by atoms with Crippen molar-refractivity contribution in [3.8, 4) is 0 Å². The predicted octanol–water partition coefficient (Wildman–Crippen LogP) is 7.33. The minimum Gasteiger partial charge on any atom is -0.292 e. The molecule has 2 aliphatic carbocycles. The van der Waals surface area contributed by atoms with Crippen molar-refractivity contribution in [1.29, 1.82) is 0 Å². The summed E-state index contributed by atoms with van der Waals surface area (Å²) in [5.41, 5.74) is -0.000297. The number of alkyl halides is 4. The van der Waals surface area contributed by atoms with Crippen molar-refractivity contribution in [1.82, 2.24) is 10.0 Å². The van der Waals surface area contributed by atoms with E-state index in [0.717, 1.165) is 0 Å². The first-order chi connectivity index (χ1) is 18.1. The summed E-state index contributed by atoms with van der Waals surface area (Å²) < 4.78 is -2.16. The number of carbonyl (C=O) groups is 4. The number of nitrogens with zero attached hydrogens (tertiary/aromatic N) is 2. The topological polar surface area (TPSA) is 74.8 Å². The summed E-state index contributed by atoms with van der Waals surface area (Å²) in [5.74, 6) is -6.63. The van der Waals surface area contributed by atoms with Gasteiger partial charge in [0.1, 0.15) is 16.3 Å². The summed E-state index contributed by atoms with van der Waals surface area (Å²) in [5, 5.41) is 1.17. The van der Waals surface area contributed by atoms with Crippen molar-refractivity contribution in [3.63, 3.8) is 0 Å². The van der Waals surface area contributed by atoms with Gasteiger partial charge in [-0.2, -0.15) is 5.01 Å². The Labute approximate surface area is 266 Å². The van der Waals surface area contributed by atoms with E-state index in [2.05, 4.69) is 0 Å². The molecule has 5 rings (SSSR count). The highest BCUT2D eigenvalue weighted by Crippen LogP contribution is 2.77. The van der Waals surface area contributed by atoms with E-state index in [0.29, 0.717) is 15.0 Å². The van der Waals surface area contributed by atoms with Gasteiger partial charge in [-0.1, -0.05) is 81.2 Å². The van der Waals surface area contributed by atoms with Gasteiger partial charge in [-0.05, 0) is 42.5 Å². The Kier molecular flexibility index (Phi) is 7.45. The van der Waals surface area contributed by atoms with Gasteiger partial charge < -0.3 is 0 Å². The molecule has 1 saturated heterocycles. The first-order valence-electron chi connectivity index (χ1n) is 10.9. The molecule has 3 amide bonds. The number of Topliss-reactive ketones (excluding diaryl/α,β-unsaturated/α-hetero) is 1. The number of fused-ring (bicyclic) bond motifs is 5. The van der Waals surface area contributed by atoms with E-state index in [-0.39, 0.29) is 31.2 Å². The molecule has 2 aromatic rings. The van der Waals surface area contributed by atoms with Crippen molar-refractivity contribution in [2.24, 2.45) is 11.8 Å². The predicted molar refractivity (Wildman–Crippen MR) is 152 cm³/mol. The highest BCUT2D eigenvalue weighted by molar-refractivity contribution is 6.66. The molecule has 6 nitrogen and oxygen atoms in total. The molecule has 2 aromatic carbocycles. The highest BCUT2D eigenvalue weighted by atomic mass is 35.5. The fraction of sp³-hybridized carbons (Fsp3) is 0.250. The third-order valence-corrected chi connectivity index (χ3v) is 12.0. The van der Waals surface area contributed by atoms with E-state index in [1.165, 1.54) is 42.5 Å². The molecule has 204 valence electrons. The van der Waals surface area contributed by atoms with Crippen molar-refractivity contribution in [2.45, 2.75) is 14.1 Å². The van der Waals surface area contributed by atoms with Gasteiger partial charge in [-0.3, -0.25) is 19.2 Å². The molecule has 0 radical (unpaired) electrons. The zero-order chi connectivity index (χ0) is 28.8. The molecule has 2 bridgehead atoms. The van der Waals surface area contributed by atoms with Gasteiger partial charge in [0.25, 0.3) is 17.7 Å². The third-order valence-electron chi connectivity index (χ3n) is 6.98. The number of allylic oxidation sites excluding steroid dienone is 2. The second-order valence-electron chi connectivity index (χ2n) is 8.99. The molecule has 1 heterocycles. The van der Waals surface area contributed by atoms with E-state index >= 15 is 0 Å². The molecular weight excluding hydrogens is 699 g/mol. The van der Waals surface area contributed by atoms with E-state index < -0.39 is 56.0 Å². The number of rotatable bonds is 5. The van der Waals surface area contributed by atoms with Crippen LogP contribution in [0.2, 0.25) is 15.1 Å². The monoisotopic (exact) mass is 706 g/mol. The summed E-state index contributed by atoms with van der Waals surface area (Å²) in [6.45, 7) is -0.786. The van der Waals surface area contributed by atoms with Crippen molar-refractivity contribution in [2.75, 3.05) is 6.54 Å². The number of amides is 3. The molecule has 15 heteroatoms. The third kappa shape index (κ3) is 3.90. The number of halogens is 9. The number of hydrogen-bond acceptors (Lipinski definition) is 4. The standard InChI is InChI=1S/C24H11Cl9N2O4/c25-10-3-1-9(2-4-10)19(37)34(8-14(36)12-6-5-11(26)7-13(12)27)35-20(38)15-16(21(35)39)23(31)18(29)17(28)22(15,30)24(23,32)33/h1-7,15-16H,8H2/t15-,16-,22-,23-/m1/s1. The largest absolute Gasteiger partial charge is 0.292 e. The molecule has 39 heavy (non-hydrogen) atoms. The molecule has 3 aliphatic rings. The summed E-state index contributed by atoms with van der Waals surface area (Å²) >= 11 is 57.4. The maximum Gasteiger partial charge on any atom is 0.273 e. The van der Waals surface area contributed by atoms with Crippen LogP contribution in [0.15, 0.2) is 52.5 Å². The second kappa shape index (κ2) is 9.82. The smallest absolute Gasteiger partial charge is 0.273 e. The lowest BCUT2D eigenvalue weighted by atomic mass is 9.84. The lowest BCUT2D eigenvalue weighted by molar-refractivity contribution is -0.154. The fourth-order valence-electron chi connectivity index (χ4n) is 5.13. The van der Waals surface area contributed by atoms with Crippen molar-refractivity contribution in [3.05, 3.63) is 78.7 Å². The van der Waals surface area contributed by atoms with Crippen LogP contribution in [-0.4, -0.2) is 54.1 Å². The summed E-state index contributed by atoms with van der Waals surface area (Å²) in [7, 11) is 0. The first kappa shape index (κ1) is 29.6. The average molecular weight is 710 g/mol. The second-order valence-corrected chi connectivity index (χ2v) is 13.5. The zero-order valence-corrected chi connectivity index (χ0v) is 25.6. The molecule has 0 spiro atoms. The Hall–Kier alpha value is -0.930. The highest BCUT2D eigenvalue weighted by Gasteiger charge is 2.88. The van der Waals surface area contributed by atoms with Crippen LogP contribution in [0.1, 0.15) is 20.7 Å². The van der Waals surface area contributed by atoms with Crippen molar-refractivity contribution < 1.29 is 19.2 Å². The Morgan fingerprint density at radius 3 is 1.74 bits per heavy atom. The van der Waals surface area contributed by atoms with E-state index in [1.54, 1.807) is 0 Å². The quantitative estimate of drug-likeness (QED) is 0.185. The van der Waals surface area contributed by atoms with Gasteiger partial charge in [-0.25, -0.2) is 5.01 Å². The van der Waals surface area contributed by atoms with Crippen LogP contribution in [0.25, 0.3) is 0 Å². The van der Waals surface area contributed by atoms with Crippen LogP contribution in [0.4, 0.5) is 0 Å². The van der Waals surface area contributed by atoms with Crippen LogP contribution in [0.5, 0.6) is 0 Å². The molecule has 0 unspecified atom stereocenters. The number of imide groups is 1. The Morgan fingerprint density at radius 2 is 1.26 bits per heavy atom. The normalized spacial score (nSPS) is 28.8. The van der Waals surface area contributed by atoms with E-state index in [9.17, 15) is 19.2 Å². The Bertz CT molecular complexity index is 1470. The summed E-state index contributed by atoms with van der Waals surface area (Å²) in [4.78, 5) is 50.6. The maximum atomic E-state index is 13.9. The number of benzene rings is 2. The van der Waals surface area contributed by atoms with Gasteiger partial charge >= 0.3 is 0 Å². The number of hydrogen-bond donors (Lipinski definition) is 0. The van der Waals surface area contributed by atoms with E-state index in [4.69, 9.17) is 104 Å². The minimum atomic E-state index is -2.16. The summed E-state index contributed by atoms with van der Waals surface area (Å²) in [6.07, 6.45) is 0. The minimum absolute atomic E-state index is 0.00312. The first-order valence-corrected chi connectivity index (χ1v) is 14.3. The SMILES string of the molecule is O=C(CN(C(=O)c1ccc(Cl)cc1)N1C(=O)[C@H]2[C@H](C1=O)[C@@]1(Cl)C(Cl)=C(Cl)[C@@]2(Cl)C1(Cl)Cl)c1ccc(Cl)cc1Cl. The van der Waals surface area contributed by atoms with E-state index in [1.807, 2.05) is 0 Å². The fourth-order valence-corrected chi connectivity index (χ4v) is 8.70. The van der Waals surface area contributed by atoms with Crippen LogP contribution >= 0.6 is 104 Å². The lowest BCUT2D eigenvalue weighted by Gasteiger charge is -2.36. The van der Waals surface area contributed by atoms with Gasteiger partial charge in [0, 0.05) is 21.2 Å². The molecule has 4 atom stereocenters. The van der Waals surface area contributed by atoms with Crippen LogP contribution in [0.3, 0.4) is 0 Å². The Morgan fingerprint density at radius 1 is 0.769 bits per heavy atom. The lowest BCUT2D eigenvalue weighted by Crippen LogP contribution is -2.56. The molecule has 1 aliphatic heterocycles. The zero-order valence-electron chi connectivity index (χ0n) is 18.8. The molecular formula is C24H11Cl9N2O4. The maximum absolute atomic E-state index is 13.9. The number of ketones is 1. The van der Waals surface area contributed by atoms with Crippen LogP contribution in [0, 0.1) is 11.8 Å². The Balaban J connectivity index is 1.60. The number of carbonyl (C=O) groups excluding carboxylic acids is 4. The summed E-state index contributed by atoms with van der Waals surface area (Å²) in [6, 6.07) is 9.67. The van der Waals surface area contributed by atoms with Gasteiger partial charge in [0.05, 0.1) is 26.9 Å². The molecule has 1 saturated carbocycles. The van der Waals surface area contributed by atoms with Gasteiger partial charge in [0.15, 0.2) is 10.1 Å².